The van der Waals surface area contributed by atoms with Crippen molar-refractivity contribution in [3.63, 3.8) is 0 Å². The molecule has 2 aromatic carbocycles. The van der Waals surface area contributed by atoms with Gasteiger partial charge in [0.15, 0.2) is 0 Å². The molecule has 8 heteroatoms. The number of halogens is 3. The molecule has 146 valence electrons. The van der Waals surface area contributed by atoms with Gasteiger partial charge in [-0.3, -0.25) is 4.79 Å². The zero-order valence-corrected chi connectivity index (χ0v) is 14.8. The first-order valence-electron chi connectivity index (χ1n) is 8.27. The summed E-state index contributed by atoms with van der Waals surface area (Å²) in [6.45, 7) is 1.27. The fourth-order valence-electron chi connectivity index (χ4n) is 2.22. The maximum Gasteiger partial charge on any atom is 0.416 e. The molecule has 27 heavy (non-hydrogen) atoms. The maximum absolute atomic E-state index is 12.7. The summed E-state index contributed by atoms with van der Waals surface area (Å²) in [4.78, 5) is 11.7. The summed E-state index contributed by atoms with van der Waals surface area (Å²) >= 11 is 0. The van der Waals surface area contributed by atoms with Gasteiger partial charge in [-0.15, -0.1) is 0 Å². The Hall–Kier alpha value is -2.58. The van der Waals surface area contributed by atoms with Crippen molar-refractivity contribution in [2.24, 2.45) is 0 Å². The summed E-state index contributed by atoms with van der Waals surface area (Å²) in [5.41, 5.74) is 0.310. The van der Waals surface area contributed by atoms with Gasteiger partial charge >= 0.3 is 6.18 Å². The van der Waals surface area contributed by atoms with Crippen molar-refractivity contribution in [3.8, 4) is 5.75 Å². The number of nitrogens with one attached hydrogen (secondary N) is 2. The third-order valence-corrected chi connectivity index (χ3v) is 3.57. The van der Waals surface area contributed by atoms with Gasteiger partial charge in [0.2, 0.25) is 5.91 Å². The van der Waals surface area contributed by atoms with Crippen LogP contribution in [0.1, 0.15) is 11.1 Å². The minimum Gasteiger partial charge on any atom is -0.489 e. The van der Waals surface area contributed by atoms with Gasteiger partial charge in [0.05, 0.1) is 18.7 Å². The first kappa shape index (κ1) is 20.7. The Balaban J connectivity index is 1.83. The minimum atomic E-state index is -4.38. The highest BCUT2D eigenvalue weighted by atomic mass is 19.4. The zero-order chi connectivity index (χ0) is 19.7. The van der Waals surface area contributed by atoms with E-state index in [-0.39, 0.29) is 19.1 Å². The Bertz CT molecular complexity index is 734. The largest absolute Gasteiger partial charge is 0.489 e. The van der Waals surface area contributed by atoms with E-state index in [1.807, 2.05) is 0 Å². The molecule has 0 saturated heterocycles. The van der Waals surface area contributed by atoms with Crippen molar-refractivity contribution in [2.75, 3.05) is 32.1 Å². The molecule has 2 rings (SSSR count). The van der Waals surface area contributed by atoms with Gasteiger partial charge in [0, 0.05) is 19.3 Å². The molecular formula is C19H21F3N2O3. The molecule has 0 radical (unpaired) electrons. The second-order valence-corrected chi connectivity index (χ2v) is 5.73. The van der Waals surface area contributed by atoms with Crippen LogP contribution in [0.25, 0.3) is 0 Å². The number of hydrogen-bond donors (Lipinski definition) is 2. The molecule has 0 unspecified atom stereocenters. The summed E-state index contributed by atoms with van der Waals surface area (Å²) in [5.74, 6) is 0.298. The second-order valence-electron chi connectivity index (χ2n) is 5.73. The van der Waals surface area contributed by atoms with Crippen LogP contribution in [-0.4, -0.2) is 32.7 Å². The van der Waals surface area contributed by atoms with Gasteiger partial charge in [-0.1, -0.05) is 12.1 Å². The average molecular weight is 382 g/mol. The fraction of sp³-hybridized carbons (Fsp3) is 0.316. The average Bonchev–Trinajstić information content (AvgIpc) is 2.64. The highest BCUT2D eigenvalue weighted by Crippen LogP contribution is 2.29. The number of ether oxygens (including phenoxy) is 2. The van der Waals surface area contributed by atoms with Gasteiger partial charge in [0.1, 0.15) is 12.4 Å². The summed E-state index contributed by atoms with van der Waals surface area (Å²) < 4.78 is 48.5. The molecule has 0 bridgehead atoms. The number of amides is 1. The van der Waals surface area contributed by atoms with Crippen LogP contribution in [0.15, 0.2) is 48.5 Å². The standard InChI is InChI=1S/C19H21F3N2O3/c1-26-10-9-23-12-18(25)24-16-5-7-17(8-6-16)27-13-14-3-2-4-15(11-14)19(20,21)22/h2-8,11,23H,9-10,12-13H2,1H3,(H,24,25). The molecule has 0 heterocycles. The summed E-state index contributed by atoms with van der Waals surface area (Å²) in [7, 11) is 1.58. The van der Waals surface area contributed by atoms with Crippen molar-refractivity contribution in [2.45, 2.75) is 12.8 Å². The topological polar surface area (TPSA) is 59.6 Å². The summed E-state index contributed by atoms with van der Waals surface area (Å²) in [6.07, 6.45) is -4.38. The van der Waals surface area contributed by atoms with Crippen LogP contribution in [0, 0.1) is 0 Å². The minimum absolute atomic E-state index is 0.0129. The van der Waals surface area contributed by atoms with Gasteiger partial charge in [-0.2, -0.15) is 13.2 Å². The lowest BCUT2D eigenvalue weighted by molar-refractivity contribution is -0.137. The predicted octanol–water partition coefficient (Wildman–Crippen LogP) is 3.46. The van der Waals surface area contributed by atoms with E-state index in [4.69, 9.17) is 9.47 Å². The first-order valence-corrected chi connectivity index (χ1v) is 8.27. The molecule has 0 aliphatic heterocycles. The van der Waals surface area contributed by atoms with Crippen LogP contribution in [0.2, 0.25) is 0 Å². The number of carbonyl (C=O) groups excluding carboxylic acids is 1. The number of methoxy groups -OCH3 is 1. The van der Waals surface area contributed by atoms with Crippen LogP contribution in [0.4, 0.5) is 18.9 Å². The third kappa shape index (κ3) is 7.28. The molecular weight excluding hydrogens is 361 g/mol. The lowest BCUT2D eigenvalue weighted by atomic mass is 10.1. The molecule has 0 aromatic heterocycles. The highest BCUT2D eigenvalue weighted by molar-refractivity contribution is 5.92. The second kappa shape index (κ2) is 9.94. The molecule has 2 N–H and O–H groups in total. The van der Waals surface area contributed by atoms with Crippen LogP contribution in [0.5, 0.6) is 5.75 Å². The SMILES string of the molecule is COCCNCC(=O)Nc1ccc(OCc2cccc(C(F)(F)F)c2)cc1. The molecule has 2 aromatic rings. The van der Waals surface area contributed by atoms with E-state index >= 15 is 0 Å². The van der Waals surface area contributed by atoms with Crippen molar-refractivity contribution in [3.05, 3.63) is 59.7 Å². The molecule has 0 saturated carbocycles. The number of alkyl halides is 3. The molecule has 0 atom stereocenters. The molecule has 5 nitrogen and oxygen atoms in total. The zero-order valence-electron chi connectivity index (χ0n) is 14.8. The van der Waals surface area contributed by atoms with E-state index in [1.165, 1.54) is 6.07 Å². The Morgan fingerprint density at radius 1 is 1.11 bits per heavy atom. The van der Waals surface area contributed by atoms with Crippen molar-refractivity contribution in [1.82, 2.24) is 5.32 Å². The number of hydrogen-bond acceptors (Lipinski definition) is 4. The van der Waals surface area contributed by atoms with Crippen molar-refractivity contribution >= 4 is 11.6 Å². The van der Waals surface area contributed by atoms with Gasteiger partial charge in [0.25, 0.3) is 0 Å². The van der Waals surface area contributed by atoms with Crippen LogP contribution >= 0.6 is 0 Å². The summed E-state index contributed by atoms with van der Waals surface area (Å²) in [6, 6.07) is 11.6. The maximum atomic E-state index is 12.7. The van der Waals surface area contributed by atoms with Gasteiger partial charge in [-0.25, -0.2) is 0 Å². The van der Waals surface area contributed by atoms with E-state index < -0.39 is 11.7 Å². The fourth-order valence-corrected chi connectivity index (χ4v) is 2.22. The number of carbonyl (C=O) groups is 1. The van der Waals surface area contributed by atoms with Crippen LogP contribution in [0.3, 0.4) is 0 Å². The van der Waals surface area contributed by atoms with Crippen molar-refractivity contribution in [1.29, 1.82) is 0 Å². The van der Waals surface area contributed by atoms with E-state index in [0.29, 0.717) is 30.2 Å². The Kier molecular flexibility index (Phi) is 7.63. The Morgan fingerprint density at radius 3 is 2.52 bits per heavy atom. The monoisotopic (exact) mass is 382 g/mol. The number of benzene rings is 2. The van der Waals surface area contributed by atoms with Crippen LogP contribution in [-0.2, 0) is 22.3 Å². The number of rotatable bonds is 9. The molecule has 0 spiro atoms. The van der Waals surface area contributed by atoms with Crippen molar-refractivity contribution < 1.29 is 27.4 Å². The Labute approximate surface area is 155 Å². The quantitative estimate of drug-likeness (QED) is 0.652. The van der Waals surface area contributed by atoms with E-state index in [0.717, 1.165) is 12.1 Å². The van der Waals surface area contributed by atoms with E-state index in [1.54, 1.807) is 37.4 Å². The smallest absolute Gasteiger partial charge is 0.416 e. The Morgan fingerprint density at radius 2 is 1.85 bits per heavy atom. The van der Waals surface area contributed by atoms with Gasteiger partial charge < -0.3 is 20.1 Å². The highest BCUT2D eigenvalue weighted by Gasteiger charge is 2.30. The molecule has 0 fully saturated rings. The molecule has 0 aliphatic rings. The normalized spacial score (nSPS) is 11.3. The molecule has 1 amide bonds. The number of anilines is 1. The lowest BCUT2D eigenvalue weighted by Gasteiger charge is -2.11. The van der Waals surface area contributed by atoms with E-state index in [9.17, 15) is 18.0 Å². The predicted molar refractivity (Wildman–Crippen MR) is 95.6 cm³/mol. The lowest BCUT2D eigenvalue weighted by Crippen LogP contribution is -2.30. The van der Waals surface area contributed by atoms with Crippen LogP contribution < -0.4 is 15.4 Å². The summed E-state index contributed by atoms with van der Waals surface area (Å²) in [5, 5.41) is 5.65. The van der Waals surface area contributed by atoms with Gasteiger partial charge in [-0.05, 0) is 42.0 Å². The first-order chi connectivity index (χ1) is 12.9. The third-order valence-electron chi connectivity index (χ3n) is 3.57. The van der Waals surface area contributed by atoms with E-state index in [2.05, 4.69) is 10.6 Å². The molecule has 0 aliphatic carbocycles.